The molecule has 1 unspecified atom stereocenters. The van der Waals surface area contributed by atoms with E-state index in [0.717, 1.165) is 55.6 Å². The summed E-state index contributed by atoms with van der Waals surface area (Å²) in [6.45, 7) is 3.16. The monoisotopic (exact) mass is 200 g/mol. The summed E-state index contributed by atoms with van der Waals surface area (Å²) in [5, 5.41) is 17.3. The molecule has 0 aromatic rings. The van der Waals surface area contributed by atoms with E-state index in [9.17, 15) is 14.7 Å². The third-order valence-corrected chi connectivity index (χ3v) is 1.42. The summed E-state index contributed by atoms with van der Waals surface area (Å²) < 4.78 is 0.414. The van der Waals surface area contributed by atoms with Crippen molar-refractivity contribution in [2.24, 2.45) is 0 Å². The van der Waals surface area contributed by atoms with Crippen LogP contribution >= 0.6 is 0 Å². The quantitative estimate of drug-likeness (QED) is 0.568. The van der Waals surface area contributed by atoms with Gasteiger partial charge in [0.05, 0.1) is 12.1 Å². The van der Waals surface area contributed by atoms with E-state index in [-0.39, 0.29) is 0 Å². The first-order valence-electron chi connectivity index (χ1n) is 3.65. The molecular weight excluding hydrogens is 188 g/mol. The van der Waals surface area contributed by atoms with Crippen LogP contribution in [0.4, 0.5) is 0 Å². The minimum atomic E-state index is -1.44. The van der Waals surface area contributed by atoms with Crippen LogP contribution in [0.15, 0.2) is 0 Å². The van der Waals surface area contributed by atoms with Crippen molar-refractivity contribution >= 4 is 43.6 Å². The van der Waals surface area contributed by atoms with E-state index in [0.29, 0.717) is 1.88 Å². The number of carbonyl (C=O) groups is 2. The van der Waals surface area contributed by atoms with Crippen molar-refractivity contribution in [2.75, 3.05) is 0 Å². The van der Waals surface area contributed by atoms with Gasteiger partial charge in [0.1, 0.15) is 0 Å². The molecule has 1 atom stereocenters. The van der Waals surface area contributed by atoms with Crippen LogP contribution in [0.25, 0.3) is 0 Å². The molecule has 0 heterocycles. The first-order chi connectivity index (χ1) is 5.41. The van der Waals surface area contributed by atoms with Crippen LogP contribution in [0.1, 0.15) is 26.7 Å². The molecule has 0 bridgehead atoms. The molecular formula is C7H12CaO4. The molecule has 0 aliphatic rings. The molecule has 0 radical (unpaired) electrons. The first kappa shape index (κ1) is 14.9. The van der Waals surface area contributed by atoms with E-state index in [2.05, 4.69) is 0 Å². The predicted molar refractivity (Wildman–Crippen MR) is 42.4 cm³/mol. The molecule has 12 heavy (non-hydrogen) atoms. The number of carboxylic acids is 1. The molecule has 0 spiro atoms. The zero-order chi connectivity index (χ0) is 10.1. The second kappa shape index (κ2) is 9.45. The number of aliphatic hydroxyl groups is 1. The van der Waals surface area contributed by atoms with Crippen LogP contribution < -0.4 is 5.11 Å². The van der Waals surface area contributed by atoms with Crippen molar-refractivity contribution in [1.82, 2.24) is 0 Å². The van der Waals surface area contributed by atoms with E-state index in [1.54, 1.807) is 0 Å². The number of hydrogen-bond donors (Lipinski definition) is 1. The van der Waals surface area contributed by atoms with Gasteiger partial charge in [-0.15, -0.1) is 0 Å². The molecule has 0 aromatic carbocycles. The Morgan fingerprint density at radius 2 is 1.92 bits per heavy atom. The Hall–Kier alpha value is 0.360. The van der Waals surface area contributed by atoms with Crippen molar-refractivity contribution in [3.8, 4) is 0 Å². The van der Waals surface area contributed by atoms with E-state index in [4.69, 9.17) is 5.11 Å². The number of hydrogen-bond acceptors (Lipinski definition) is 4. The fourth-order valence-electron chi connectivity index (χ4n) is 0.279. The molecule has 4 nitrogen and oxygen atoms in total. The molecule has 0 aliphatic carbocycles. The maximum absolute atomic E-state index is 10.1. The summed E-state index contributed by atoms with van der Waals surface area (Å²) in [6.07, 6.45) is 0.462. The second-order valence-electron chi connectivity index (χ2n) is 2.28. The Morgan fingerprint density at radius 1 is 1.58 bits per heavy atom. The molecule has 1 N–H and O–H groups in total. The Morgan fingerprint density at radius 3 is 1.92 bits per heavy atom. The van der Waals surface area contributed by atoms with E-state index in [1.165, 1.54) is 0 Å². The molecule has 0 saturated carbocycles. The van der Waals surface area contributed by atoms with Gasteiger partial charge in [0, 0.05) is 0 Å². The third-order valence-electron chi connectivity index (χ3n) is 0.870. The van der Waals surface area contributed by atoms with Gasteiger partial charge in [0.2, 0.25) is 0 Å². The molecule has 0 aromatic heterocycles. The van der Waals surface area contributed by atoms with Gasteiger partial charge in [-0.25, -0.2) is 0 Å². The van der Waals surface area contributed by atoms with Crippen LogP contribution in [-0.4, -0.2) is 54.8 Å². The van der Waals surface area contributed by atoms with Crippen molar-refractivity contribution < 1.29 is 19.8 Å². The second-order valence-corrected chi connectivity index (χ2v) is 3.52. The summed E-state index contributed by atoms with van der Waals surface area (Å²) in [5.74, 6) is -1.44. The van der Waals surface area contributed by atoms with Gasteiger partial charge < -0.3 is 15.0 Å². The van der Waals surface area contributed by atoms with Crippen LogP contribution in [0.5, 0.6) is 0 Å². The SMILES string of the molecule is CC(O)C(=O)[O-].CCC[C](=O)[Ca+]. The van der Waals surface area contributed by atoms with Crippen molar-refractivity contribution in [3.63, 3.8) is 0 Å². The predicted octanol–water partition coefficient (Wildman–Crippen LogP) is -1.40. The summed E-state index contributed by atoms with van der Waals surface area (Å²) in [5.41, 5.74) is 0. The summed E-state index contributed by atoms with van der Waals surface area (Å²) in [6, 6.07) is 0. The molecule has 0 rings (SSSR count). The normalized spacial score (nSPS) is 11.1. The minimum absolute atomic E-state index is 0.414. The average Bonchev–Trinajstić information content (AvgIpc) is 1.87. The van der Waals surface area contributed by atoms with Gasteiger partial charge in [-0.3, -0.25) is 0 Å². The third kappa shape index (κ3) is 16.8. The van der Waals surface area contributed by atoms with Gasteiger partial charge in [-0.1, -0.05) is 0 Å². The average molecular weight is 200 g/mol. The topological polar surface area (TPSA) is 77.4 Å². The number of aliphatic carboxylic acids is 1. The van der Waals surface area contributed by atoms with Gasteiger partial charge in [-0.2, -0.15) is 0 Å². The summed E-state index contributed by atoms with van der Waals surface area (Å²) in [4.78, 5) is 19.4. The van der Waals surface area contributed by atoms with E-state index in [1.807, 2.05) is 6.92 Å². The zero-order valence-electron chi connectivity index (χ0n) is 7.37. The van der Waals surface area contributed by atoms with Crippen LogP contribution in [0.3, 0.4) is 0 Å². The Balaban J connectivity index is 0. The Labute approximate surface area is 95.6 Å². The molecule has 66 valence electrons. The Kier molecular flexibility index (Phi) is 11.7. The van der Waals surface area contributed by atoms with Crippen LogP contribution in [0.2, 0.25) is 0 Å². The maximum atomic E-state index is 10.1. The molecule has 0 aliphatic heterocycles. The standard InChI is InChI=1S/C4H7O.C3H6O3.Ca/c1-2-3-4-5;1-2(4)3(5)6;/h2-3H2,1H3;2,4H,1H3,(H,5,6);/q;;+1/p-1. The number of rotatable bonds is 3. The van der Waals surface area contributed by atoms with E-state index >= 15 is 0 Å². The van der Waals surface area contributed by atoms with Crippen molar-refractivity contribution in [2.45, 2.75) is 32.8 Å². The van der Waals surface area contributed by atoms with Crippen molar-refractivity contribution in [3.05, 3.63) is 0 Å². The van der Waals surface area contributed by atoms with Gasteiger partial charge in [0.15, 0.2) is 0 Å². The van der Waals surface area contributed by atoms with Gasteiger partial charge in [-0.05, 0) is 6.92 Å². The van der Waals surface area contributed by atoms with Crippen LogP contribution in [0, 0.1) is 0 Å². The number of carbonyl (C=O) groups excluding carboxylic acids is 2. The Bertz CT molecular complexity index is 144. The molecule has 0 amide bonds. The zero-order valence-corrected chi connectivity index (χ0v) is 9.58. The molecule has 5 heteroatoms. The van der Waals surface area contributed by atoms with E-state index < -0.39 is 12.1 Å². The number of aliphatic hydroxyl groups excluding tert-OH is 1. The van der Waals surface area contributed by atoms with Crippen molar-refractivity contribution in [1.29, 1.82) is 0 Å². The summed E-state index contributed by atoms with van der Waals surface area (Å²) >= 11 is 0.827. The van der Waals surface area contributed by atoms with Gasteiger partial charge in [0.25, 0.3) is 0 Å². The molecule has 0 saturated heterocycles. The van der Waals surface area contributed by atoms with Gasteiger partial charge >= 0.3 is 62.2 Å². The molecule has 0 fully saturated rings. The first-order valence-corrected chi connectivity index (χ1v) is 4.75. The number of carboxylic acid groups (broad SMARTS) is 1. The fraction of sp³-hybridized carbons (Fsp3) is 0.714. The fourth-order valence-corrected chi connectivity index (χ4v) is 0.831. The van der Waals surface area contributed by atoms with Crippen LogP contribution in [-0.2, 0) is 9.59 Å². The summed E-state index contributed by atoms with van der Waals surface area (Å²) in [7, 11) is 0.